The molecule has 2 N–H and O–H groups in total. The number of amides is 1. The summed E-state index contributed by atoms with van der Waals surface area (Å²) in [4.78, 5) is 16.4. The molecule has 0 saturated carbocycles. The number of alkyl halides is 3. The van der Waals surface area contributed by atoms with Gasteiger partial charge < -0.3 is 10.6 Å². The summed E-state index contributed by atoms with van der Waals surface area (Å²) in [5.41, 5.74) is 0.504. The van der Waals surface area contributed by atoms with E-state index in [0.29, 0.717) is 5.69 Å². The van der Waals surface area contributed by atoms with Crippen molar-refractivity contribution in [1.29, 1.82) is 0 Å². The molecule has 0 atom stereocenters. The van der Waals surface area contributed by atoms with Gasteiger partial charge in [-0.2, -0.15) is 13.2 Å². The fourth-order valence-electron chi connectivity index (χ4n) is 2.31. The molecular weight excluding hydrogens is 379 g/mol. The number of nitrogens with one attached hydrogen (secondary N) is 2. The van der Waals surface area contributed by atoms with E-state index in [1.54, 1.807) is 0 Å². The van der Waals surface area contributed by atoms with E-state index in [0.717, 1.165) is 23.9 Å². The zero-order valence-electron chi connectivity index (χ0n) is 13.7. The number of carbonyl (C=O) groups is 1. The van der Waals surface area contributed by atoms with Gasteiger partial charge in [0.15, 0.2) is 0 Å². The lowest BCUT2D eigenvalue weighted by Crippen LogP contribution is -2.14. The maximum absolute atomic E-state index is 12.8. The van der Waals surface area contributed by atoms with E-state index in [2.05, 4.69) is 15.6 Å². The van der Waals surface area contributed by atoms with Crippen LogP contribution in [0, 0.1) is 0 Å². The number of pyridine rings is 1. The lowest BCUT2D eigenvalue weighted by Gasteiger charge is -2.12. The number of hydrogen-bond acceptors (Lipinski definition) is 3. The molecule has 3 aromatic rings. The summed E-state index contributed by atoms with van der Waals surface area (Å²) in [6, 6.07) is 13.5. The Morgan fingerprint density at radius 1 is 0.963 bits per heavy atom. The van der Waals surface area contributed by atoms with Gasteiger partial charge in [-0.3, -0.25) is 9.78 Å². The average Bonchev–Trinajstić information content (AvgIpc) is 2.63. The third kappa shape index (κ3) is 4.77. The molecule has 0 aliphatic carbocycles. The summed E-state index contributed by atoms with van der Waals surface area (Å²) < 4.78 is 38.5. The molecule has 0 saturated heterocycles. The lowest BCUT2D eigenvalue weighted by atomic mass is 10.1. The molecule has 2 aromatic carbocycles. The van der Waals surface area contributed by atoms with Gasteiger partial charge in [0.1, 0.15) is 0 Å². The number of aromatic nitrogens is 1. The number of halogens is 4. The summed E-state index contributed by atoms with van der Waals surface area (Å²) >= 11 is 5.91. The Kier molecular flexibility index (Phi) is 5.32. The van der Waals surface area contributed by atoms with Crippen LogP contribution in [0.25, 0.3) is 0 Å². The zero-order valence-corrected chi connectivity index (χ0v) is 14.5. The van der Waals surface area contributed by atoms with Crippen molar-refractivity contribution < 1.29 is 18.0 Å². The van der Waals surface area contributed by atoms with Crippen LogP contribution in [-0.2, 0) is 6.18 Å². The summed E-state index contributed by atoms with van der Waals surface area (Å²) in [5, 5.41) is 5.48. The minimum atomic E-state index is -4.54. The first-order valence-corrected chi connectivity index (χ1v) is 8.16. The van der Waals surface area contributed by atoms with Gasteiger partial charge in [0.25, 0.3) is 5.91 Å². The van der Waals surface area contributed by atoms with Crippen LogP contribution in [0.1, 0.15) is 15.9 Å². The van der Waals surface area contributed by atoms with Crippen LogP contribution in [0.3, 0.4) is 0 Å². The van der Waals surface area contributed by atoms with Gasteiger partial charge in [-0.1, -0.05) is 29.8 Å². The highest BCUT2D eigenvalue weighted by Gasteiger charge is 2.31. The van der Waals surface area contributed by atoms with Crippen LogP contribution in [0.2, 0.25) is 5.02 Å². The quantitative estimate of drug-likeness (QED) is 0.595. The van der Waals surface area contributed by atoms with Crippen LogP contribution in [0.5, 0.6) is 0 Å². The molecule has 0 radical (unpaired) electrons. The van der Waals surface area contributed by atoms with E-state index in [-0.39, 0.29) is 16.3 Å². The Labute approximate surface area is 158 Å². The Balaban J connectivity index is 1.80. The van der Waals surface area contributed by atoms with Crippen molar-refractivity contribution in [1.82, 2.24) is 4.98 Å². The van der Waals surface area contributed by atoms with Gasteiger partial charge >= 0.3 is 6.18 Å². The molecule has 138 valence electrons. The molecule has 0 aliphatic rings. The Morgan fingerprint density at radius 3 is 2.41 bits per heavy atom. The molecule has 27 heavy (non-hydrogen) atoms. The number of hydrogen-bond donors (Lipinski definition) is 2. The number of para-hydroxylation sites is 1. The van der Waals surface area contributed by atoms with Crippen molar-refractivity contribution in [2.24, 2.45) is 0 Å². The van der Waals surface area contributed by atoms with E-state index in [4.69, 9.17) is 11.6 Å². The van der Waals surface area contributed by atoms with Crippen molar-refractivity contribution in [2.45, 2.75) is 6.18 Å². The summed E-state index contributed by atoms with van der Waals surface area (Å²) in [7, 11) is 0. The highest BCUT2D eigenvalue weighted by atomic mass is 35.5. The lowest BCUT2D eigenvalue weighted by molar-refractivity contribution is -0.137. The average molecular weight is 392 g/mol. The smallest absolute Gasteiger partial charge is 0.354 e. The summed E-state index contributed by atoms with van der Waals surface area (Å²) in [6.45, 7) is 0. The normalized spacial score (nSPS) is 11.1. The Bertz CT molecular complexity index is 962. The summed E-state index contributed by atoms with van der Waals surface area (Å²) in [6.07, 6.45) is -1.70. The van der Waals surface area contributed by atoms with Crippen molar-refractivity contribution in [3.8, 4) is 0 Å². The number of benzene rings is 2. The summed E-state index contributed by atoms with van der Waals surface area (Å²) in [5.74, 6) is -0.625. The Morgan fingerprint density at radius 2 is 1.70 bits per heavy atom. The molecule has 0 fully saturated rings. The third-order valence-electron chi connectivity index (χ3n) is 3.60. The van der Waals surface area contributed by atoms with E-state index >= 15 is 0 Å². The van der Waals surface area contributed by atoms with Crippen LogP contribution >= 0.6 is 11.6 Å². The highest BCUT2D eigenvalue weighted by molar-refractivity contribution is 6.34. The molecule has 0 spiro atoms. The number of rotatable bonds is 4. The minimum Gasteiger partial charge on any atom is -0.354 e. The van der Waals surface area contributed by atoms with Crippen LogP contribution in [-0.4, -0.2) is 10.9 Å². The molecule has 4 nitrogen and oxygen atoms in total. The monoisotopic (exact) mass is 391 g/mol. The van der Waals surface area contributed by atoms with Gasteiger partial charge in [0.2, 0.25) is 0 Å². The van der Waals surface area contributed by atoms with E-state index in [1.807, 2.05) is 30.3 Å². The largest absolute Gasteiger partial charge is 0.416 e. The molecular formula is C19H13ClF3N3O. The predicted octanol–water partition coefficient (Wildman–Crippen LogP) is 5.75. The number of anilines is 3. The van der Waals surface area contributed by atoms with Crippen molar-refractivity contribution in [3.05, 3.63) is 83.1 Å². The maximum atomic E-state index is 12.8. The van der Waals surface area contributed by atoms with Crippen molar-refractivity contribution >= 4 is 34.6 Å². The third-order valence-corrected chi connectivity index (χ3v) is 3.93. The first-order chi connectivity index (χ1) is 12.8. The standard InChI is InChI=1S/C19H13ClF3N3O/c20-16-7-6-13(19(21,22)23)9-17(16)26-18(27)12-8-15(11-24-10-12)25-14-4-2-1-3-5-14/h1-11,25H,(H,26,27). The van der Waals surface area contributed by atoms with Gasteiger partial charge in [0, 0.05) is 11.9 Å². The second-order valence-corrected chi connectivity index (χ2v) is 6.01. The van der Waals surface area contributed by atoms with E-state index in [1.165, 1.54) is 18.5 Å². The molecule has 0 bridgehead atoms. The highest BCUT2D eigenvalue weighted by Crippen LogP contribution is 2.34. The fourth-order valence-corrected chi connectivity index (χ4v) is 2.48. The van der Waals surface area contributed by atoms with E-state index in [9.17, 15) is 18.0 Å². The molecule has 0 unspecified atom stereocenters. The molecule has 1 heterocycles. The molecule has 1 amide bonds. The maximum Gasteiger partial charge on any atom is 0.416 e. The zero-order chi connectivity index (χ0) is 19.4. The first kappa shape index (κ1) is 18.7. The SMILES string of the molecule is O=C(Nc1cc(C(F)(F)F)ccc1Cl)c1cncc(Nc2ccccc2)c1. The predicted molar refractivity (Wildman–Crippen MR) is 98.4 cm³/mol. The van der Waals surface area contributed by atoms with Gasteiger partial charge in [-0.05, 0) is 36.4 Å². The van der Waals surface area contributed by atoms with Gasteiger partial charge in [-0.15, -0.1) is 0 Å². The molecule has 0 aliphatic heterocycles. The van der Waals surface area contributed by atoms with Gasteiger partial charge in [0.05, 0.1) is 33.7 Å². The van der Waals surface area contributed by atoms with Crippen molar-refractivity contribution in [3.63, 3.8) is 0 Å². The van der Waals surface area contributed by atoms with Crippen LogP contribution in [0.15, 0.2) is 67.0 Å². The van der Waals surface area contributed by atoms with E-state index < -0.39 is 17.6 Å². The van der Waals surface area contributed by atoms with Crippen LogP contribution < -0.4 is 10.6 Å². The Hall–Kier alpha value is -3.06. The molecule has 1 aromatic heterocycles. The van der Waals surface area contributed by atoms with Crippen LogP contribution in [0.4, 0.5) is 30.2 Å². The number of nitrogens with zero attached hydrogens (tertiary/aromatic N) is 1. The number of carbonyl (C=O) groups excluding carboxylic acids is 1. The molecule has 3 rings (SSSR count). The first-order valence-electron chi connectivity index (χ1n) is 7.78. The second-order valence-electron chi connectivity index (χ2n) is 5.60. The molecule has 8 heteroatoms. The fraction of sp³-hybridized carbons (Fsp3) is 0.0526. The van der Waals surface area contributed by atoms with Crippen molar-refractivity contribution in [2.75, 3.05) is 10.6 Å². The second kappa shape index (κ2) is 7.67. The topological polar surface area (TPSA) is 54.0 Å². The van der Waals surface area contributed by atoms with Gasteiger partial charge in [-0.25, -0.2) is 0 Å². The minimum absolute atomic E-state index is 0.00266.